The number of para-hydroxylation sites is 1. The number of unbranched alkanes of at least 4 members (excludes halogenated alkanes) is 1. The molecule has 100 valence electrons. The summed E-state index contributed by atoms with van der Waals surface area (Å²) in [4.78, 5) is 11.9. The minimum absolute atomic E-state index is 0.0830. The molecule has 18 heavy (non-hydrogen) atoms. The molecule has 3 nitrogen and oxygen atoms in total. The van der Waals surface area contributed by atoms with E-state index >= 15 is 0 Å². The van der Waals surface area contributed by atoms with Gasteiger partial charge in [-0.1, -0.05) is 32.0 Å². The van der Waals surface area contributed by atoms with Crippen LogP contribution in [-0.4, -0.2) is 12.5 Å². The van der Waals surface area contributed by atoms with Gasteiger partial charge in [0, 0.05) is 12.1 Å². The van der Waals surface area contributed by atoms with E-state index in [1.54, 1.807) is 0 Å². The van der Waals surface area contributed by atoms with Crippen molar-refractivity contribution in [3.63, 3.8) is 0 Å². The third kappa shape index (κ3) is 4.15. The topological polar surface area (TPSA) is 55.1 Å². The summed E-state index contributed by atoms with van der Waals surface area (Å²) in [5.41, 5.74) is 8.72. The number of aryl methyl sites for hydroxylation is 1. The number of nitrogens with one attached hydrogen (secondary N) is 1. The molecule has 0 aliphatic carbocycles. The number of benzene rings is 1. The van der Waals surface area contributed by atoms with Crippen LogP contribution >= 0.6 is 0 Å². The van der Waals surface area contributed by atoms with E-state index in [0.717, 1.165) is 24.1 Å². The first-order chi connectivity index (χ1) is 8.56. The Labute approximate surface area is 110 Å². The Morgan fingerprint density at radius 1 is 1.33 bits per heavy atom. The average Bonchev–Trinajstić information content (AvgIpc) is 2.31. The van der Waals surface area contributed by atoms with Gasteiger partial charge in [0.1, 0.15) is 0 Å². The lowest BCUT2D eigenvalue weighted by molar-refractivity contribution is -0.116. The molecule has 0 saturated heterocycles. The molecule has 0 atom stereocenters. The number of rotatable bonds is 6. The van der Waals surface area contributed by atoms with Gasteiger partial charge in [-0.15, -0.1) is 0 Å². The standard InChI is InChI=1S/C15H24N2O/c1-11(2)13-8-6-7-12(3)15(13)17-14(18)9-4-5-10-16/h6-8,11H,4-5,9-10,16H2,1-3H3,(H,17,18). The number of carbonyl (C=O) groups excluding carboxylic acids is 1. The first-order valence-corrected chi connectivity index (χ1v) is 6.65. The molecule has 3 N–H and O–H groups in total. The van der Waals surface area contributed by atoms with E-state index in [-0.39, 0.29) is 5.91 Å². The van der Waals surface area contributed by atoms with Crippen molar-refractivity contribution < 1.29 is 4.79 Å². The van der Waals surface area contributed by atoms with E-state index in [2.05, 4.69) is 25.2 Å². The molecule has 0 bridgehead atoms. The summed E-state index contributed by atoms with van der Waals surface area (Å²) in [6.07, 6.45) is 2.30. The van der Waals surface area contributed by atoms with Gasteiger partial charge in [0.15, 0.2) is 0 Å². The zero-order valence-corrected chi connectivity index (χ0v) is 11.6. The average molecular weight is 248 g/mol. The van der Waals surface area contributed by atoms with Gasteiger partial charge in [-0.3, -0.25) is 4.79 Å². The Morgan fingerprint density at radius 3 is 2.67 bits per heavy atom. The van der Waals surface area contributed by atoms with Gasteiger partial charge in [-0.05, 0) is 43.4 Å². The summed E-state index contributed by atoms with van der Waals surface area (Å²) in [5, 5.41) is 3.04. The second-order valence-corrected chi connectivity index (χ2v) is 4.99. The van der Waals surface area contributed by atoms with Gasteiger partial charge >= 0.3 is 0 Å². The molecule has 1 aromatic rings. The number of carbonyl (C=O) groups is 1. The van der Waals surface area contributed by atoms with Gasteiger partial charge in [0.25, 0.3) is 0 Å². The Balaban J connectivity index is 2.74. The predicted octanol–water partition coefficient (Wildman–Crippen LogP) is 3.19. The fourth-order valence-corrected chi connectivity index (χ4v) is 1.97. The third-order valence-electron chi connectivity index (χ3n) is 3.05. The monoisotopic (exact) mass is 248 g/mol. The molecule has 0 aliphatic rings. The highest BCUT2D eigenvalue weighted by Crippen LogP contribution is 2.27. The van der Waals surface area contributed by atoms with E-state index in [4.69, 9.17) is 5.73 Å². The fraction of sp³-hybridized carbons (Fsp3) is 0.533. The summed E-state index contributed by atoms with van der Waals surface area (Å²) < 4.78 is 0. The summed E-state index contributed by atoms with van der Waals surface area (Å²) >= 11 is 0. The van der Waals surface area contributed by atoms with E-state index in [0.29, 0.717) is 18.9 Å². The first kappa shape index (κ1) is 14.7. The summed E-state index contributed by atoms with van der Waals surface area (Å²) in [7, 11) is 0. The largest absolute Gasteiger partial charge is 0.330 e. The molecule has 1 rings (SSSR count). The Morgan fingerprint density at radius 2 is 2.06 bits per heavy atom. The summed E-state index contributed by atoms with van der Waals surface area (Å²) in [6.45, 7) is 6.95. The summed E-state index contributed by atoms with van der Waals surface area (Å²) in [6, 6.07) is 6.14. The second kappa shape index (κ2) is 7.17. The van der Waals surface area contributed by atoms with Crippen LogP contribution in [-0.2, 0) is 4.79 Å². The molecule has 1 aromatic carbocycles. The van der Waals surface area contributed by atoms with Crippen LogP contribution in [0, 0.1) is 6.92 Å². The van der Waals surface area contributed by atoms with Gasteiger partial charge < -0.3 is 11.1 Å². The Hall–Kier alpha value is -1.35. The second-order valence-electron chi connectivity index (χ2n) is 4.99. The molecular formula is C15H24N2O. The quantitative estimate of drug-likeness (QED) is 0.760. The molecular weight excluding hydrogens is 224 g/mol. The lowest BCUT2D eigenvalue weighted by Crippen LogP contribution is -2.14. The van der Waals surface area contributed by atoms with Crippen molar-refractivity contribution >= 4 is 11.6 Å². The minimum Gasteiger partial charge on any atom is -0.330 e. The molecule has 0 aliphatic heterocycles. The van der Waals surface area contributed by atoms with E-state index in [1.165, 1.54) is 5.56 Å². The van der Waals surface area contributed by atoms with Gasteiger partial charge in [0.2, 0.25) is 5.91 Å². The SMILES string of the molecule is Cc1cccc(C(C)C)c1NC(=O)CCCCN. The molecule has 0 spiro atoms. The van der Waals surface area contributed by atoms with Crippen molar-refractivity contribution in [1.29, 1.82) is 0 Å². The molecule has 3 heteroatoms. The van der Waals surface area contributed by atoms with Gasteiger partial charge in [-0.25, -0.2) is 0 Å². The minimum atomic E-state index is 0.0830. The van der Waals surface area contributed by atoms with Crippen LogP contribution in [0.2, 0.25) is 0 Å². The van der Waals surface area contributed by atoms with Gasteiger partial charge in [0.05, 0.1) is 0 Å². The highest BCUT2D eigenvalue weighted by molar-refractivity contribution is 5.92. The predicted molar refractivity (Wildman–Crippen MR) is 76.8 cm³/mol. The van der Waals surface area contributed by atoms with Crippen LogP contribution in [0.5, 0.6) is 0 Å². The van der Waals surface area contributed by atoms with Crippen LogP contribution in [0.3, 0.4) is 0 Å². The smallest absolute Gasteiger partial charge is 0.224 e. The molecule has 0 aromatic heterocycles. The number of hydrogen-bond acceptors (Lipinski definition) is 2. The number of hydrogen-bond donors (Lipinski definition) is 2. The summed E-state index contributed by atoms with van der Waals surface area (Å²) in [5.74, 6) is 0.490. The lowest BCUT2D eigenvalue weighted by atomic mass is 9.98. The Kier molecular flexibility index (Phi) is 5.86. The van der Waals surface area contributed by atoms with E-state index in [1.807, 2.05) is 19.1 Å². The molecule has 0 fully saturated rings. The van der Waals surface area contributed by atoms with Crippen molar-refractivity contribution in [3.05, 3.63) is 29.3 Å². The van der Waals surface area contributed by atoms with E-state index < -0.39 is 0 Å². The highest BCUT2D eigenvalue weighted by Gasteiger charge is 2.11. The molecule has 0 saturated carbocycles. The maximum absolute atomic E-state index is 11.9. The normalized spacial score (nSPS) is 10.7. The van der Waals surface area contributed by atoms with Crippen molar-refractivity contribution in [3.8, 4) is 0 Å². The van der Waals surface area contributed by atoms with Crippen LogP contribution in [0.4, 0.5) is 5.69 Å². The fourth-order valence-electron chi connectivity index (χ4n) is 1.97. The number of nitrogens with two attached hydrogens (primary N) is 1. The van der Waals surface area contributed by atoms with E-state index in [9.17, 15) is 4.79 Å². The third-order valence-corrected chi connectivity index (χ3v) is 3.05. The number of amides is 1. The molecule has 1 amide bonds. The highest BCUT2D eigenvalue weighted by atomic mass is 16.1. The zero-order chi connectivity index (χ0) is 13.5. The van der Waals surface area contributed by atoms with Crippen LogP contribution in [0.25, 0.3) is 0 Å². The number of anilines is 1. The van der Waals surface area contributed by atoms with Crippen molar-refractivity contribution in [2.24, 2.45) is 5.73 Å². The maximum Gasteiger partial charge on any atom is 0.224 e. The first-order valence-electron chi connectivity index (χ1n) is 6.65. The van der Waals surface area contributed by atoms with Crippen LogP contribution < -0.4 is 11.1 Å². The Bertz CT molecular complexity index is 399. The van der Waals surface area contributed by atoms with Gasteiger partial charge in [-0.2, -0.15) is 0 Å². The van der Waals surface area contributed by atoms with Crippen LogP contribution in [0.15, 0.2) is 18.2 Å². The van der Waals surface area contributed by atoms with Crippen molar-refractivity contribution in [1.82, 2.24) is 0 Å². The lowest BCUT2D eigenvalue weighted by Gasteiger charge is -2.16. The van der Waals surface area contributed by atoms with Crippen molar-refractivity contribution in [2.75, 3.05) is 11.9 Å². The van der Waals surface area contributed by atoms with Crippen molar-refractivity contribution in [2.45, 2.75) is 46.0 Å². The van der Waals surface area contributed by atoms with Crippen LogP contribution in [0.1, 0.15) is 50.2 Å². The molecule has 0 unspecified atom stereocenters. The zero-order valence-electron chi connectivity index (χ0n) is 11.6. The molecule has 0 radical (unpaired) electrons. The molecule has 0 heterocycles. The maximum atomic E-state index is 11.9.